The predicted octanol–water partition coefficient (Wildman–Crippen LogP) is 8.15. The second kappa shape index (κ2) is 34.5. The van der Waals surface area contributed by atoms with E-state index >= 15 is 8.78 Å². The maximum absolute atomic E-state index is 16.2. The van der Waals surface area contributed by atoms with Gasteiger partial charge < -0.3 is 54.0 Å². The number of anilines is 1. The minimum absolute atomic E-state index is 0.00576. The molecule has 2 aliphatic heterocycles. The van der Waals surface area contributed by atoms with Gasteiger partial charge in [-0.1, -0.05) is 68.1 Å². The first-order valence-electron chi connectivity index (χ1n) is 30.6. The average molecular weight is 1300 g/mol. The van der Waals surface area contributed by atoms with E-state index in [1.165, 1.54) is 34.8 Å². The van der Waals surface area contributed by atoms with E-state index in [9.17, 15) is 28.3 Å². The molecule has 0 aliphatic carbocycles. The van der Waals surface area contributed by atoms with E-state index in [1.807, 2.05) is 74.9 Å². The summed E-state index contributed by atoms with van der Waals surface area (Å²) in [5.74, 6) is -3.78. The van der Waals surface area contributed by atoms with Gasteiger partial charge in [-0.05, 0) is 99.8 Å². The molecule has 3 amide bonds. The third-order valence-electron chi connectivity index (χ3n) is 15.2. The fourth-order valence-corrected chi connectivity index (χ4v) is 11.9. The lowest BCUT2D eigenvalue weighted by Crippen LogP contribution is -2.54. The Morgan fingerprint density at radius 3 is 2.09 bits per heavy atom. The number of ether oxygens (including phenoxy) is 6. The van der Waals surface area contributed by atoms with Crippen LogP contribution in [-0.4, -0.2) is 207 Å². The van der Waals surface area contributed by atoms with E-state index in [0.29, 0.717) is 115 Å². The summed E-state index contributed by atoms with van der Waals surface area (Å²) in [4.78, 5) is 65.5. The van der Waals surface area contributed by atoms with Crippen LogP contribution in [0, 0.1) is 30.2 Å². The van der Waals surface area contributed by atoms with Gasteiger partial charge in [0.2, 0.25) is 5.91 Å². The quantitative estimate of drug-likeness (QED) is 0.0168. The largest absolute Gasteiger partial charge is 0.507 e. The highest BCUT2D eigenvalue weighted by molar-refractivity contribution is 8.15. The summed E-state index contributed by atoms with van der Waals surface area (Å²) in [7, 11) is 3.37. The van der Waals surface area contributed by atoms with Gasteiger partial charge in [-0.2, -0.15) is 15.1 Å². The highest BCUT2D eigenvalue weighted by Crippen LogP contribution is 2.51. The Balaban J connectivity index is 0.655. The van der Waals surface area contributed by atoms with Crippen molar-refractivity contribution in [2.75, 3.05) is 144 Å². The van der Waals surface area contributed by atoms with Crippen LogP contribution >= 0.6 is 11.8 Å². The van der Waals surface area contributed by atoms with Crippen LogP contribution < -0.4 is 16.3 Å². The van der Waals surface area contributed by atoms with E-state index in [1.54, 1.807) is 23.2 Å². The normalized spacial score (nSPS) is 16.1. The van der Waals surface area contributed by atoms with Crippen molar-refractivity contribution in [2.24, 2.45) is 10.8 Å². The fourth-order valence-electron chi connectivity index (χ4n) is 10.5. The SMILES string of the molecule is Cc1ccnc(C(C)C)c1-n1c(=O)nc(N2CCN(C(=O)/C=C/CN(C)CCOCCOCCOCCOCCOCCOCCON(C)C(=O)N3N=C(c4cc(F)ccc4F)SC3(CCCN)c3ccccc3)C[C@@H]2C)c2cc(F)c(-c3c(O)cccc3F)nc21. The number of phenols is 1. The van der Waals surface area contributed by atoms with Crippen molar-refractivity contribution in [2.45, 2.75) is 57.4 Å². The van der Waals surface area contributed by atoms with Crippen molar-refractivity contribution in [3.63, 3.8) is 0 Å². The Labute approximate surface area is 536 Å². The summed E-state index contributed by atoms with van der Waals surface area (Å²) >= 11 is 1.16. The molecule has 2 atom stereocenters. The molecular weight excluding hydrogens is 1220 g/mol. The van der Waals surface area contributed by atoms with Crippen LogP contribution in [0.1, 0.15) is 61.9 Å². The number of benzene rings is 3. The third-order valence-corrected chi connectivity index (χ3v) is 16.6. The van der Waals surface area contributed by atoms with Gasteiger partial charge in [0, 0.05) is 63.6 Å². The monoisotopic (exact) mass is 1300 g/mol. The molecule has 3 aromatic heterocycles. The number of carbonyl (C=O) groups is 2. The van der Waals surface area contributed by atoms with Gasteiger partial charge in [0.15, 0.2) is 11.5 Å². The number of aromatic nitrogens is 4. The first kappa shape index (κ1) is 70.4. The Kier molecular flexibility index (Phi) is 26.4. The Hall–Kier alpha value is -7.44. The van der Waals surface area contributed by atoms with Crippen LogP contribution in [0.4, 0.5) is 28.2 Å². The lowest BCUT2D eigenvalue weighted by atomic mass is 10.0. The number of carbonyl (C=O) groups excluding carboxylic acids is 2. The molecule has 6 aromatic rings. The van der Waals surface area contributed by atoms with Gasteiger partial charge in [0.25, 0.3) is 0 Å². The van der Waals surface area contributed by atoms with Crippen LogP contribution in [-0.2, 0) is 42.9 Å². The number of hydrazone groups is 1. The van der Waals surface area contributed by atoms with Crippen molar-refractivity contribution < 1.29 is 65.5 Å². The molecular formula is C65H81F4N11O11S. The number of halogens is 4. The summed E-state index contributed by atoms with van der Waals surface area (Å²) in [6.45, 7) is 14.2. The van der Waals surface area contributed by atoms with Crippen molar-refractivity contribution in [1.82, 2.24) is 39.4 Å². The summed E-state index contributed by atoms with van der Waals surface area (Å²) in [5, 5.41) is 17.8. The van der Waals surface area contributed by atoms with Gasteiger partial charge in [0.1, 0.15) is 44.6 Å². The number of rotatable bonds is 34. The maximum atomic E-state index is 16.2. The van der Waals surface area contributed by atoms with E-state index in [2.05, 4.69) is 20.1 Å². The molecule has 2 aliphatic rings. The molecule has 0 radical (unpaired) electrons. The molecule has 5 heterocycles. The first-order valence-corrected chi connectivity index (χ1v) is 31.4. The van der Waals surface area contributed by atoms with E-state index in [4.69, 9.17) is 39.0 Å². The number of aromatic hydroxyl groups is 1. The second-order valence-electron chi connectivity index (χ2n) is 22.2. The van der Waals surface area contributed by atoms with Crippen molar-refractivity contribution >= 4 is 45.6 Å². The molecule has 1 saturated heterocycles. The molecule has 1 fully saturated rings. The third kappa shape index (κ3) is 18.0. The zero-order valence-corrected chi connectivity index (χ0v) is 53.6. The number of nitrogens with two attached hydrogens (primary N) is 1. The van der Waals surface area contributed by atoms with Crippen LogP contribution in [0.15, 0.2) is 107 Å². The number of hydroxylamine groups is 2. The molecule has 0 saturated carbocycles. The average Bonchev–Trinajstić information content (AvgIpc) is 1.22. The smallest absolute Gasteiger partial charge is 0.365 e. The fraction of sp³-hybridized carbons (Fsp3) is 0.462. The summed E-state index contributed by atoms with van der Waals surface area (Å²) in [6, 6.07) is 17.9. The first-order chi connectivity index (χ1) is 44.4. The minimum Gasteiger partial charge on any atom is -0.507 e. The summed E-state index contributed by atoms with van der Waals surface area (Å²) in [5.41, 5.74) is 6.67. The molecule has 0 spiro atoms. The number of nitrogens with zero attached hydrogens (tertiary/aromatic N) is 10. The molecule has 22 nitrogen and oxygen atoms in total. The van der Waals surface area contributed by atoms with Crippen molar-refractivity contribution in [3.05, 3.63) is 153 Å². The van der Waals surface area contributed by atoms with Crippen LogP contribution in [0.5, 0.6) is 5.75 Å². The number of amides is 3. The molecule has 27 heteroatoms. The highest BCUT2D eigenvalue weighted by atomic mass is 32.2. The van der Waals surface area contributed by atoms with E-state index < -0.39 is 56.9 Å². The summed E-state index contributed by atoms with van der Waals surface area (Å²) < 4.78 is 95.7. The van der Waals surface area contributed by atoms with Crippen LogP contribution in [0.3, 0.4) is 0 Å². The number of pyridine rings is 2. The number of piperazine rings is 1. The lowest BCUT2D eigenvalue weighted by Gasteiger charge is -2.40. The number of hydrogen-bond donors (Lipinski definition) is 2. The number of likely N-dealkylation sites (N-methyl/N-ethyl adjacent to an activating group) is 1. The number of hydrogen-bond acceptors (Lipinski definition) is 19. The molecule has 3 aromatic carbocycles. The van der Waals surface area contributed by atoms with E-state index in [0.717, 1.165) is 52.7 Å². The van der Waals surface area contributed by atoms with Crippen LogP contribution in [0.2, 0.25) is 0 Å². The van der Waals surface area contributed by atoms with Gasteiger partial charge >= 0.3 is 11.7 Å². The minimum atomic E-state index is -1.10. The number of thioether (sulfide) groups is 1. The number of fused-ring (bicyclic) bond motifs is 1. The predicted molar refractivity (Wildman–Crippen MR) is 342 cm³/mol. The topological polar surface area (TPSA) is 234 Å². The molecule has 1 unspecified atom stereocenters. The van der Waals surface area contributed by atoms with Gasteiger partial charge in [-0.3, -0.25) is 14.6 Å². The number of phenolic OH excluding ortho intramolecular Hbond substituents is 1. The standard InChI is InChI=1S/C65H81F4N11O11S/c1-44(2)57-59(45(3)20-23-71-57)79-61-50(42-53(69)58(72-61)56-52(68)15-10-16-54(56)81)60(73-63(79)83)78-26-25-77(43-46(78)4)55(82)17-11-24-75(5)27-28-85-29-30-86-31-32-87-33-34-88-35-36-89-37-38-90-39-40-91-76(6)64(84)80-65(21-12-22-70,47-13-8-7-9-14-47)92-62(74-80)49-41-48(66)18-19-51(49)67/h7-11,13-20,23,41-42,44,46,81H,12,21-22,24-40,43,70H2,1-6H3/b17-11+/t46-,65?/m0/s1. The molecule has 92 heavy (non-hydrogen) atoms. The Morgan fingerprint density at radius 2 is 1.46 bits per heavy atom. The molecule has 0 bridgehead atoms. The van der Waals surface area contributed by atoms with Crippen LogP contribution in [0.25, 0.3) is 28.0 Å². The van der Waals surface area contributed by atoms with Crippen molar-refractivity contribution in [1.29, 1.82) is 0 Å². The zero-order valence-electron chi connectivity index (χ0n) is 52.7. The van der Waals surface area contributed by atoms with Gasteiger partial charge in [-0.15, -0.1) is 0 Å². The lowest BCUT2D eigenvalue weighted by molar-refractivity contribution is -0.126. The second-order valence-corrected chi connectivity index (χ2v) is 23.4. The highest BCUT2D eigenvalue weighted by Gasteiger charge is 2.50. The Morgan fingerprint density at radius 1 is 0.804 bits per heavy atom. The molecule has 496 valence electrons. The maximum Gasteiger partial charge on any atom is 0.365 e. The Bertz CT molecular complexity index is 3540. The number of urea groups is 1. The number of aryl methyl sites for hydroxylation is 1. The van der Waals surface area contributed by atoms with Crippen molar-refractivity contribution in [3.8, 4) is 22.7 Å². The zero-order chi connectivity index (χ0) is 65.7. The van der Waals surface area contributed by atoms with E-state index in [-0.39, 0.29) is 84.8 Å². The molecule has 3 N–H and O–H groups in total. The van der Waals surface area contributed by atoms with Gasteiger partial charge in [-0.25, -0.2) is 41.8 Å². The molecule has 8 rings (SSSR count). The summed E-state index contributed by atoms with van der Waals surface area (Å²) in [6.07, 6.45) is 5.87. The van der Waals surface area contributed by atoms with Gasteiger partial charge in [0.05, 0.1) is 108 Å².